The lowest BCUT2D eigenvalue weighted by Crippen LogP contribution is -2.61. The van der Waals surface area contributed by atoms with E-state index in [2.05, 4.69) is 27.8 Å². The summed E-state index contributed by atoms with van der Waals surface area (Å²) in [5.74, 6) is 0.0671. The van der Waals surface area contributed by atoms with Crippen LogP contribution in [0, 0.1) is 11.8 Å². The van der Waals surface area contributed by atoms with Gasteiger partial charge in [0.25, 0.3) is 0 Å². The normalized spacial score (nSPS) is 26.3. The summed E-state index contributed by atoms with van der Waals surface area (Å²) in [6.45, 7) is 8.80. The first-order valence-corrected chi connectivity index (χ1v) is 19.8. The molecule has 4 N–H and O–H groups in total. The fraction of sp³-hybridized carbons (Fsp3) is 0.523. The monoisotopic (exact) mass is 754 g/mol. The Kier molecular flexibility index (Phi) is 13.3. The summed E-state index contributed by atoms with van der Waals surface area (Å²) in [4.78, 5) is 41.9. The molecule has 2 aliphatic heterocycles. The number of anilines is 1. The Bertz CT molecular complexity index is 1730. The highest BCUT2D eigenvalue weighted by atomic mass is 16.7. The van der Waals surface area contributed by atoms with Crippen molar-refractivity contribution in [3.63, 3.8) is 0 Å². The van der Waals surface area contributed by atoms with Crippen LogP contribution in [-0.4, -0.2) is 71.3 Å². The molecule has 11 nitrogen and oxygen atoms in total. The molecular formula is C44H58N4O7. The van der Waals surface area contributed by atoms with Crippen LogP contribution in [0.1, 0.15) is 101 Å². The Balaban J connectivity index is 1.21. The third-order valence-corrected chi connectivity index (χ3v) is 11.3. The van der Waals surface area contributed by atoms with Crippen molar-refractivity contribution < 1.29 is 33.7 Å². The second-order valence-electron chi connectivity index (χ2n) is 16.4. The van der Waals surface area contributed by atoms with Crippen molar-refractivity contribution in [2.75, 3.05) is 19.0 Å². The summed E-state index contributed by atoms with van der Waals surface area (Å²) >= 11 is 0. The van der Waals surface area contributed by atoms with Crippen LogP contribution in [0.15, 0.2) is 78.9 Å². The van der Waals surface area contributed by atoms with Crippen molar-refractivity contribution in [2.24, 2.45) is 11.8 Å². The van der Waals surface area contributed by atoms with Gasteiger partial charge in [0, 0.05) is 41.7 Å². The summed E-state index contributed by atoms with van der Waals surface area (Å²) < 4.78 is 18.6. The molecule has 0 bridgehead atoms. The number of nitrogens with zero attached hydrogens (tertiary/aromatic N) is 1. The zero-order valence-electron chi connectivity index (χ0n) is 32.8. The van der Waals surface area contributed by atoms with Crippen molar-refractivity contribution in [3.05, 3.63) is 101 Å². The average molecular weight is 755 g/mol. The number of amides is 3. The quantitative estimate of drug-likeness (QED) is 0.157. The predicted octanol–water partition coefficient (Wildman–Crippen LogP) is 6.81. The summed E-state index contributed by atoms with van der Waals surface area (Å²) in [7, 11) is 1.30. The van der Waals surface area contributed by atoms with Gasteiger partial charge in [0.1, 0.15) is 6.04 Å². The van der Waals surface area contributed by atoms with Crippen LogP contribution in [0.3, 0.4) is 0 Å². The van der Waals surface area contributed by atoms with Crippen LogP contribution in [0.4, 0.5) is 10.5 Å². The zero-order chi connectivity index (χ0) is 39.1. The number of benzene rings is 3. The lowest BCUT2D eigenvalue weighted by molar-refractivity contribution is -0.278. The highest BCUT2D eigenvalue weighted by molar-refractivity contribution is 5.92. The van der Waals surface area contributed by atoms with Crippen LogP contribution in [-0.2, 0) is 36.8 Å². The van der Waals surface area contributed by atoms with Crippen molar-refractivity contribution in [2.45, 2.75) is 121 Å². The maximum atomic E-state index is 13.9. The van der Waals surface area contributed by atoms with Gasteiger partial charge in [-0.3, -0.25) is 9.69 Å². The number of ether oxygens (including phenoxy) is 3. The maximum absolute atomic E-state index is 13.9. The Labute approximate surface area is 325 Å². The first kappa shape index (κ1) is 40.4. The minimum absolute atomic E-state index is 0.0416. The van der Waals surface area contributed by atoms with Gasteiger partial charge in [0.05, 0.1) is 32.0 Å². The SMILES string of the molecule is COC(=O)[C@H](Cc1ccccc1)NC(=O)Nc1ccc([C@@H]2O[C@H](CN3[C@@H](C(=O)NC(C)(C)C)CC[C@H]4CCCC[C@H]43)[C@H](C)[C@H](c3ccc(CO)cc3)O2)cc1. The molecule has 1 aliphatic carbocycles. The summed E-state index contributed by atoms with van der Waals surface area (Å²) in [6, 6.07) is 23.3. The highest BCUT2D eigenvalue weighted by Gasteiger charge is 2.46. The zero-order valence-corrected chi connectivity index (χ0v) is 32.8. The van der Waals surface area contributed by atoms with Crippen LogP contribution < -0.4 is 16.0 Å². The second kappa shape index (κ2) is 18.1. The number of aliphatic hydroxyl groups is 1. The smallest absolute Gasteiger partial charge is 0.328 e. The number of aliphatic hydroxyl groups excluding tert-OH is 1. The van der Waals surface area contributed by atoms with E-state index in [9.17, 15) is 19.5 Å². The van der Waals surface area contributed by atoms with E-state index in [1.807, 2.05) is 87.5 Å². The first-order valence-electron chi connectivity index (χ1n) is 19.8. The molecule has 2 heterocycles. The number of carbonyl (C=O) groups is 3. The second-order valence-corrected chi connectivity index (χ2v) is 16.4. The van der Waals surface area contributed by atoms with Gasteiger partial charge in [-0.25, -0.2) is 9.59 Å². The molecule has 3 amide bonds. The number of methoxy groups -OCH3 is 1. The Hall–Kier alpha value is -4.29. The minimum atomic E-state index is -0.860. The van der Waals surface area contributed by atoms with Gasteiger partial charge < -0.3 is 35.3 Å². The number of fused-ring (bicyclic) bond motifs is 1. The Morgan fingerprint density at radius 2 is 1.56 bits per heavy atom. The van der Waals surface area contributed by atoms with E-state index in [0.717, 1.165) is 47.9 Å². The van der Waals surface area contributed by atoms with Crippen LogP contribution in [0.5, 0.6) is 0 Å². The van der Waals surface area contributed by atoms with Gasteiger partial charge in [0.15, 0.2) is 6.29 Å². The molecule has 11 heteroatoms. The lowest BCUT2D eigenvalue weighted by Gasteiger charge is -2.51. The molecule has 3 fully saturated rings. The van der Waals surface area contributed by atoms with Gasteiger partial charge in [0.2, 0.25) is 5.91 Å². The first-order chi connectivity index (χ1) is 26.4. The molecule has 3 aromatic carbocycles. The molecule has 1 saturated carbocycles. The lowest BCUT2D eigenvalue weighted by atomic mass is 9.75. The number of hydrogen-bond acceptors (Lipinski definition) is 8. The standard InChI is InChI=1S/C44H58N4O7/c1-28-38(26-48-36-14-10-9-13-31(36)21-24-37(48)40(50)47-44(2,3)4)54-42(55-39(28)32-17-15-30(27-49)16-18-32)33-19-22-34(23-20-33)45-43(52)46-35(41(51)53-5)25-29-11-7-6-8-12-29/h6-8,11-12,15-20,22-23,28,31,35-39,42,49H,9-10,13-14,21,24-27H2,1-5H3,(H,47,50)(H2,45,46,52)/t28-,31+,35-,36+,37+,38+,39+,42+/m0/s1. The van der Waals surface area contributed by atoms with Gasteiger partial charge in [-0.2, -0.15) is 0 Å². The molecule has 8 atom stereocenters. The van der Waals surface area contributed by atoms with E-state index >= 15 is 0 Å². The predicted molar refractivity (Wildman–Crippen MR) is 211 cm³/mol. The van der Waals surface area contributed by atoms with E-state index in [0.29, 0.717) is 30.6 Å². The average Bonchev–Trinajstić information content (AvgIpc) is 3.18. The van der Waals surface area contributed by atoms with E-state index in [4.69, 9.17) is 14.2 Å². The maximum Gasteiger partial charge on any atom is 0.328 e. The molecule has 3 aromatic rings. The van der Waals surface area contributed by atoms with Crippen molar-refractivity contribution in [1.82, 2.24) is 15.5 Å². The topological polar surface area (TPSA) is 138 Å². The van der Waals surface area contributed by atoms with Gasteiger partial charge in [-0.15, -0.1) is 0 Å². The number of rotatable bonds is 11. The molecule has 0 radical (unpaired) electrons. The van der Waals surface area contributed by atoms with E-state index in [-0.39, 0.29) is 42.2 Å². The molecule has 0 aromatic heterocycles. The van der Waals surface area contributed by atoms with Crippen molar-refractivity contribution in [1.29, 1.82) is 0 Å². The van der Waals surface area contributed by atoms with Crippen LogP contribution >= 0.6 is 0 Å². The third kappa shape index (κ3) is 10.3. The van der Waals surface area contributed by atoms with Gasteiger partial charge >= 0.3 is 12.0 Å². The highest BCUT2D eigenvalue weighted by Crippen LogP contribution is 2.44. The third-order valence-electron chi connectivity index (χ3n) is 11.3. The molecule has 296 valence electrons. The number of likely N-dealkylation sites (tertiary alicyclic amines) is 1. The number of esters is 1. The van der Waals surface area contributed by atoms with Crippen molar-refractivity contribution >= 4 is 23.6 Å². The molecule has 0 spiro atoms. The number of piperidine rings is 1. The molecule has 0 unspecified atom stereocenters. The summed E-state index contributed by atoms with van der Waals surface area (Å²) in [6.07, 6.45) is 5.56. The van der Waals surface area contributed by atoms with Crippen molar-refractivity contribution in [3.8, 4) is 0 Å². The number of hydrogen-bond donors (Lipinski definition) is 4. The largest absolute Gasteiger partial charge is 0.467 e. The van der Waals surface area contributed by atoms with Gasteiger partial charge in [-0.05, 0) is 81.2 Å². The summed E-state index contributed by atoms with van der Waals surface area (Å²) in [5, 5.41) is 18.6. The van der Waals surface area contributed by atoms with E-state index < -0.39 is 24.3 Å². The summed E-state index contributed by atoms with van der Waals surface area (Å²) in [5.41, 5.74) is 3.69. The van der Waals surface area contributed by atoms with E-state index in [1.54, 1.807) is 12.1 Å². The Morgan fingerprint density at radius 1 is 0.873 bits per heavy atom. The number of nitrogens with one attached hydrogen (secondary N) is 3. The van der Waals surface area contributed by atoms with Crippen LogP contribution in [0.2, 0.25) is 0 Å². The van der Waals surface area contributed by atoms with Crippen LogP contribution in [0.25, 0.3) is 0 Å². The number of urea groups is 1. The molecule has 6 rings (SSSR count). The molecule has 55 heavy (non-hydrogen) atoms. The number of carbonyl (C=O) groups excluding carboxylic acids is 3. The minimum Gasteiger partial charge on any atom is -0.467 e. The molecule has 2 saturated heterocycles. The molecular weight excluding hydrogens is 697 g/mol. The Morgan fingerprint density at radius 3 is 2.24 bits per heavy atom. The van der Waals surface area contributed by atoms with E-state index in [1.165, 1.54) is 20.0 Å². The fourth-order valence-corrected chi connectivity index (χ4v) is 8.50. The van der Waals surface area contributed by atoms with Gasteiger partial charge in [-0.1, -0.05) is 86.5 Å². The fourth-order valence-electron chi connectivity index (χ4n) is 8.50. The molecule has 3 aliphatic rings.